The summed E-state index contributed by atoms with van der Waals surface area (Å²) in [6.45, 7) is 0. The summed E-state index contributed by atoms with van der Waals surface area (Å²) >= 11 is 0. The van der Waals surface area contributed by atoms with E-state index in [1.54, 1.807) is 12.2 Å². The minimum Gasteiger partial charge on any atom is -0.469 e. The van der Waals surface area contributed by atoms with Crippen LogP contribution in [0.1, 0.15) is 70.6 Å². The standard InChI is InChI=1S/C20H32O4/c1-24-20(23)15-9-14-18(21)12-7-2-3-8-13-19(22)16-17-10-5-4-6-11-17/h7-8,12-13,17-18,21H,2-6,9-11,14-16H2,1H3. The predicted octanol–water partition coefficient (Wildman–Crippen LogP) is 4.12. The topological polar surface area (TPSA) is 63.6 Å². The van der Waals surface area contributed by atoms with Gasteiger partial charge >= 0.3 is 5.97 Å². The number of rotatable bonds is 11. The monoisotopic (exact) mass is 336 g/mol. The van der Waals surface area contributed by atoms with Crippen molar-refractivity contribution in [3.63, 3.8) is 0 Å². The Morgan fingerprint density at radius 1 is 1.17 bits per heavy atom. The van der Waals surface area contributed by atoms with Crippen molar-refractivity contribution >= 4 is 11.8 Å². The summed E-state index contributed by atoms with van der Waals surface area (Å²) in [6, 6.07) is 0. The van der Waals surface area contributed by atoms with E-state index in [0.717, 1.165) is 12.8 Å². The van der Waals surface area contributed by atoms with Crippen LogP contribution in [-0.2, 0) is 14.3 Å². The van der Waals surface area contributed by atoms with Gasteiger partial charge in [0.05, 0.1) is 13.2 Å². The largest absolute Gasteiger partial charge is 0.469 e. The highest BCUT2D eigenvalue weighted by molar-refractivity contribution is 5.89. The molecule has 0 aromatic carbocycles. The number of unbranched alkanes of at least 4 members (excludes halogenated alkanes) is 1. The van der Waals surface area contributed by atoms with Crippen LogP contribution in [0.15, 0.2) is 24.3 Å². The van der Waals surface area contributed by atoms with Crippen molar-refractivity contribution in [1.82, 2.24) is 0 Å². The van der Waals surface area contributed by atoms with E-state index in [-0.39, 0.29) is 11.8 Å². The summed E-state index contributed by atoms with van der Waals surface area (Å²) < 4.78 is 4.55. The van der Waals surface area contributed by atoms with Gasteiger partial charge in [0, 0.05) is 12.8 Å². The lowest BCUT2D eigenvalue weighted by molar-refractivity contribution is -0.140. The summed E-state index contributed by atoms with van der Waals surface area (Å²) in [6.07, 6.45) is 16.9. The molecule has 0 aliphatic heterocycles. The molecule has 1 N–H and O–H groups in total. The highest BCUT2D eigenvalue weighted by Gasteiger charge is 2.15. The highest BCUT2D eigenvalue weighted by atomic mass is 16.5. The Morgan fingerprint density at radius 3 is 2.58 bits per heavy atom. The molecule has 0 saturated heterocycles. The third-order valence-electron chi connectivity index (χ3n) is 4.49. The van der Waals surface area contributed by atoms with Crippen LogP contribution in [0.3, 0.4) is 0 Å². The van der Waals surface area contributed by atoms with Gasteiger partial charge in [0.15, 0.2) is 5.78 Å². The smallest absolute Gasteiger partial charge is 0.305 e. The van der Waals surface area contributed by atoms with Crippen molar-refractivity contribution in [2.75, 3.05) is 7.11 Å². The molecule has 0 bridgehead atoms. The minimum atomic E-state index is -0.522. The van der Waals surface area contributed by atoms with E-state index in [2.05, 4.69) is 4.74 Å². The van der Waals surface area contributed by atoms with Gasteiger partial charge in [-0.2, -0.15) is 0 Å². The average molecular weight is 336 g/mol. The van der Waals surface area contributed by atoms with Crippen molar-refractivity contribution in [2.45, 2.75) is 76.7 Å². The number of hydrogen-bond donors (Lipinski definition) is 1. The second-order valence-corrected chi connectivity index (χ2v) is 6.62. The quantitative estimate of drug-likeness (QED) is 0.267. The van der Waals surface area contributed by atoms with Crippen LogP contribution in [0.4, 0.5) is 0 Å². The zero-order chi connectivity index (χ0) is 17.6. The highest BCUT2D eigenvalue weighted by Crippen LogP contribution is 2.26. The molecule has 0 spiro atoms. The summed E-state index contributed by atoms with van der Waals surface area (Å²) in [5.41, 5.74) is 0. The number of aliphatic hydroxyl groups excluding tert-OH is 1. The van der Waals surface area contributed by atoms with Gasteiger partial charge < -0.3 is 9.84 Å². The summed E-state index contributed by atoms with van der Waals surface area (Å²) in [4.78, 5) is 22.8. The fourth-order valence-electron chi connectivity index (χ4n) is 3.06. The number of methoxy groups -OCH3 is 1. The summed E-state index contributed by atoms with van der Waals surface area (Å²) in [7, 11) is 1.37. The van der Waals surface area contributed by atoms with Crippen molar-refractivity contribution < 1.29 is 19.4 Å². The molecule has 1 rings (SSSR count). The number of allylic oxidation sites excluding steroid dienone is 3. The first-order valence-electron chi connectivity index (χ1n) is 9.22. The zero-order valence-electron chi connectivity index (χ0n) is 14.9. The maximum Gasteiger partial charge on any atom is 0.305 e. The second kappa shape index (κ2) is 12.9. The third-order valence-corrected chi connectivity index (χ3v) is 4.49. The van der Waals surface area contributed by atoms with E-state index in [9.17, 15) is 14.7 Å². The van der Waals surface area contributed by atoms with Crippen LogP contribution in [0, 0.1) is 5.92 Å². The summed E-state index contributed by atoms with van der Waals surface area (Å²) in [5.74, 6) is 0.596. The fourth-order valence-corrected chi connectivity index (χ4v) is 3.06. The molecule has 0 aromatic heterocycles. The van der Waals surface area contributed by atoms with Crippen molar-refractivity contribution in [2.24, 2.45) is 5.92 Å². The van der Waals surface area contributed by atoms with E-state index in [1.807, 2.05) is 12.2 Å². The molecule has 1 fully saturated rings. The third kappa shape index (κ3) is 10.4. The molecule has 0 aromatic rings. The van der Waals surface area contributed by atoms with Gasteiger partial charge in [0.2, 0.25) is 0 Å². The molecule has 4 heteroatoms. The Balaban J connectivity index is 2.06. The molecule has 0 amide bonds. The number of ketones is 1. The maximum atomic E-state index is 11.9. The molecule has 1 unspecified atom stereocenters. The lowest BCUT2D eigenvalue weighted by atomic mass is 9.86. The Bertz CT molecular complexity index is 419. The molecule has 24 heavy (non-hydrogen) atoms. The molecule has 1 atom stereocenters. The number of carbonyl (C=O) groups is 2. The van der Waals surface area contributed by atoms with Gasteiger partial charge in [-0.3, -0.25) is 9.59 Å². The van der Waals surface area contributed by atoms with Crippen LogP contribution < -0.4 is 0 Å². The molecule has 1 aliphatic rings. The maximum absolute atomic E-state index is 11.9. The second-order valence-electron chi connectivity index (χ2n) is 6.62. The predicted molar refractivity (Wildman–Crippen MR) is 95.6 cm³/mol. The SMILES string of the molecule is COC(=O)CCCC(O)C=CCCC=CC(=O)CC1CCCCC1. The van der Waals surface area contributed by atoms with Crippen LogP contribution >= 0.6 is 0 Å². The Hall–Kier alpha value is -1.42. The Kier molecular flexibility index (Phi) is 11.1. The van der Waals surface area contributed by atoms with E-state index in [4.69, 9.17) is 0 Å². The molecular formula is C20H32O4. The van der Waals surface area contributed by atoms with Gasteiger partial charge in [-0.15, -0.1) is 0 Å². The first-order valence-corrected chi connectivity index (χ1v) is 9.22. The van der Waals surface area contributed by atoms with Crippen molar-refractivity contribution in [1.29, 1.82) is 0 Å². The molecule has 1 aliphatic carbocycles. The normalized spacial score (nSPS) is 17.4. The lowest BCUT2D eigenvalue weighted by Crippen LogP contribution is -2.10. The Labute approximate surface area is 146 Å². The number of aliphatic hydroxyl groups is 1. The summed E-state index contributed by atoms with van der Waals surface area (Å²) in [5, 5.41) is 9.75. The number of carbonyl (C=O) groups excluding carboxylic acids is 2. The molecule has 136 valence electrons. The van der Waals surface area contributed by atoms with Gasteiger partial charge in [0.25, 0.3) is 0 Å². The van der Waals surface area contributed by atoms with Gasteiger partial charge in [-0.05, 0) is 37.7 Å². The van der Waals surface area contributed by atoms with Crippen LogP contribution in [0.5, 0.6) is 0 Å². The molecule has 0 radical (unpaired) electrons. The van der Waals surface area contributed by atoms with Crippen molar-refractivity contribution in [3.05, 3.63) is 24.3 Å². The zero-order valence-corrected chi connectivity index (χ0v) is 14.9. The van der Waals surface area contributed by atoms with E-state index < -0.39 is 6.10 Å². The van der Waals surface area contributed by atoms with Crippen LogP contribution in [-0.4, -0.2) is 30.1 Å². The number of ether oxygens (including phenoxy) is 1. The van der Waals surface area contributed by atoms with E-state index in [0.29, 0.717) is 31.6 Å². The van der Waals surface area contributed by atoms with E-state index in [1.165, 1.54) is 39.2 Å². The van der Waals surface area contributed by atoms with E-state index >= 15 is 0 Å². The van der Waals surface area contributed by atoms with Gasteiger partial charge in [0.1, 0.15) is 0 Å². The van der Waals surface area contributed by atoms with Crippen LogP contribution in [0.25, 0.3) is 0 Å². The fraction of sp³-hybridized carbons (Fsp3) is 0.700. The van der Waals surface area contributed by atoms with Gasteiger partial charge in [-0.25, -0.2) is 0 Å². The van der Waals surface area contributed by atoms with Crippen LogP contribution in [0.2, 0.25) is 0 Å². The molecule has 4 nitrogen and oxygen atoms in total. The number of esters is 1. The number of hydrogen-bond acceptors (Lipinski definition) is 4. The molecular weight excluding hydrogens is 304 g/mol. The average Bonchev–Trinajstić information content (AvgIpc) is 2.58. The first kappa shape index (κ1) is 20.6. The minimum absolute atomic E-state index is 0.241. The van der Waals surface area contributed by atoms with Crippen molar-refractivity contribution in [3.8, 4) is 0 Å². The molecule has 0 heterocycles. The lowest BCUT2D eigenvalue weighted by Gasteiger charge is -2.19. The Morgan fingerprint density at radius 2 is 1.88 bits per heavy atom. The van der Waals surface area contributed by atoms with Gasteiger partial charge in [-0.1, -0.05) is 50.3 Å². The molecule has 1 saturated carbocycles. The first-order chi connectivity index (χ1) is 11.6.